The molecule has 2 atom stereocenters. The molecule has 0 saturated heterocycles. The number of nitrogens with zero attached hydrogens (tertiary/aromatic N) is 1. The highest BCUT2D eigenvalue weighted by Gasteiger charge is 2.39. The Morgan fingerprint density at radius 3 is 2.53 bits per heavy atom. The molecule has 6 nitrogen and oxygen atoms in total. The number of aromatic amines is 1. The van der Waals surface area contributed by atoms with Crippen molar-refractivity contribution in [3.8, 4) is 0 Å². The van der Waals surface area contributed by atoms with Gasteiger partial charge in [-0.05, 0) is 61.6 Å². The molecule has 38 heavy (non-hydrogen) atoms. The van der Waals surface area contributed by atoms with E-state index in [9.17, 15) is 9.59 Å². The van der Waals surface area contributed by atoms with Gasteiger partial charge in [-0.2, -0.15) is 0 Å². The fourth-order valence-corrected chi connectivity index (χ4v) is 5.79. The van der Waals surface area contributed by atoms with E-state index in [2.05, 4.69) is 20.6 Å². The lowest BCUT2D eigenvalue weighted by molar-refractivity contribution is -0.128. The average molecular weight is 529 g/mol. The van der Waals surface area contributed by atoms with Crippen molar-refractivity contribution in [1.29, 1.82) is 0 Å². The van der Waals surface area contributed by atoms with Gasteiger partial charge < -0.3 is 15.6 Å². The van der Waals surface area contributed by atoms with Gasteiger partial charge >= 0.3 is 0 Å². The molecule has 196 valence electrons. The Balaban J connectivity index is 1.49. The van der Waals surface area contributed by atoms with E-state index in [0.29, 0.717) is 22.9 Å². The predicted octanol–water partition coefficient (Wildman–Crippen LogP) is 6.39. The smallest absolute Gasteiger partial charge is 0.253 e. The van der Waals surface area contributed by atoms with Gasteiger partial charge in [0.2, 0.25) is 5.91 Å². The molecule has 4 aromatic rings. The summed E-state index contributed by atoms with van der Waals surface area (Å²) in [6.45, 7) is 1.79. The summed E-state index contributed by atoms with van der Waals surface area (Å²) < 4.78 is 0. The fourth-order valence-electron chi connectivity index (χ4n) is 5.56. The van der Waals surface area contributed by atoms with Gasteiger partial charge in [-0.25, -0.2) is 0 Å². The Labute approximate surface area is 228 Å². The molecule has 0 bridgehead atoms. The first-order valence-electron chi connectivity index (χ1n) is 13.3. The number of amides is 2. The number of fused-ring (bicyclic) bond motifs is 1. The number of pyridine rings is 1. The molecular formula is C31H33ClN4O2. The summed E-state index contributed by atoms with van der Waals surface area (Å²) in [6.07, 6.45) is 9.54. The molecule has 1 unspecified atom stereocenters. The molecule has 2 aromatic carbocycles. The molecule has 1 saturated carbocycles. The summed E-state index contributed by atoms with van der Waals surface area (Å²) in [6, 6.07) is 20.4. The van der Waals surface area contributed by atoms with Gasteiger partial charge in [0.05, 0.1) is 22.3 Å². The van der Waals surface area contributed by atoms with Gasteiger partial charge in [-0.1, -0.05) is 67.3 Å². The lowest BCUT2D eigenvalue weighted by Crippen LogP contribution is -2.59. The van der Waals surface area contributed by atoms with Crippen LogP contribution in [0.25, 0.3) is 10.9 Å². The number of halogens is 1. The molecule has 1 aliphatic rings. The largest absolute Gasteiger partial charge is 0.361 e. The van der Waals surface area contributed by atoms with Crippen molar-refractivity contribution in [1.82, 2.24) is 20.6 Å². The maximum Gasteiger partial charge on any atom is 0.253 e. The molecule has 5 rings (SSSR count). The van der Waals surface area contributed by atoms with Crippen LogP contribution in [0.5, 0.6) is 0 Å². The highest BCUT2D eigenvalue weighted by Crippen LogP contribution is 2.34. The van der Waals surface area contributed by atoms with Crippen molar-refractivity contribution < 1.29 is 9.59 Å². The van der Waals surface area contributed by atoms with E-state index in [4.69, 9.17) is 11.6 Å². The van der Waals surface area contributed by atoms with E-state index in [1.807, 2.05) is 48.7 Å². The van der Waals surface area contributed by atoms with Crippen LogP contribution >= 0.6 is 11.6 Å². The number of rotatable bonds is 8. The van der Waals surface area contributed by atoms with Crippen molar-refractivity contribution in [3.63, 3.8) is 0 Å². The van der Waals surface area contributed by atoms with Gasteiger partial charge in [0, 0.05) is 29.7 Å². The van der Waals surface area contributed by atoms with Crippen molar-refractivity contribution >= 4 is 34.3 Å². The van der Waals surface area contributed by atoms with Crippen LogP contribution < -0.4 is 10.6 Å². The lowest BCUT2D eigenvalue weighted by Gasteiger charge is -2.35. The third-order valence-corrected chi connectivity index (χ3v) is 7.97. The zero-order valence-electron chi connectivity index (χ0n) is 21.5. The molecule has 3 N–H and O–H groups in total. The second-order valence-electron chi connectivity index (χ2n) is 10.4. The Morgan fingerprint density at radius 1 is 1.03 bits per heavy atom. The first-order valence-corrected chi connectivity index (χ1v) is 13.7. The number of H-pyrrole nitrogens is 1. The first kappa shape index (κ1) is 26.0. The molecule has 2 amide bonds. The predicted molar refractivity (Wildman–Crippen MR) is 151 cm³/mol. The molecule has 0 spiro atoms. The number of hydrogen-bond donors (Lipinski definition) is 3. The first-order chi connectivity index (χ1) is 18.4. The zero-order chi connectivity index (χ0) is 26.5. The van der Waals surface area contributed by atoms with Crippen LogP contribution in [0.3, 0.4) is 0 Å². The highest BCUT2D eigenvalue weighted by molar-refractivity contribution is 6.33. The normalized spacial score (nSPS) is 16.5. The van der Waals surface area contributed by atoms with Crippen LogP contribution in [-0.2, 0) is 11.2 Å². The summed E-state index contributed by atoms with van der Waals surface area (Å²) in [7, 11) is 0. The third kappa shape index (κ3) is 5.60. The van der Waals surface area contributed by atoms with Gasteiger partial charge in [-0.15, -0.1) is 0 Å². The van der Waals surface area contributed by atoms with Gasteiger partial charge in [0.25, 0.3) is 5.91 Å². The molecule has 0 radical (unpaired) electrons. The zero-order valence-corrected chi connectivity index (χ0v) is 22.3. The standard InChI is InChI=1S/C31H33ClN4O2/c1-31(36-29(37)24-14-5-7-15-25(24)32,19-22-20-34-26-16-8-6-13-23(22)26)30(38)35-28(21-11-3-2-4-12-21)27-17-9-10-18-33-27/h5-10,13-18,20-21,28,34H,2-4,11-12,19H2,1H3,(H,35,38)(H,36,37)/t28?,31-/m0/s1. The van der Waals surface area contributed by atoms with Gasteiger partial charge in [0.1, 0.15) is 5.54 Å². The molecule has 2 aromatic heterocycles. The van der Waals surface area contributed by atoms with Crippen molar-refractivity contribution in [2.75, 3.05) is 0 Å². The van der Waals surface area contributed by atoms with Crippen LogP contribution in [-0.4, -0.2) is 27.3 Å². The van der Waals surface area contributed by atoms with Crippen LogP contribution in [0, 0.1) is 5.92 Å². The molecule has 7 heteroatoms. The minimum Gasteiger partial charge on any atom is -0.361 e. The molecular weight excluding hydrogens is 496 g/mol. The number of para-hydroxylation sites is 1. The number of aromatic nitrogens is 2. The van der Waals surface area contributed by atoms with Crippen molar-refractivity contribution in [2.45, 2.75) is 57.0 Å². The highest BCUT2D eigenvalue weighted by atomic mass is 35.5. The minimum absolute atomic E-state index is 0.233. The minimum atomic E-state index is -1.25. The molecule has 0 aliphatic heterocycles. The third-order valence-electron chi connectivity index (χ3n) is 7.64. The SMILES string of the molecule is C[C@@](Cc1c[nH]c2ccccc12)(NC(=O)c1ccccc1Cl)C(=O)NC(c1ccccn1)C1CCCCC1. The number of nitrogens with one attached hydrogen (secondary N) is 3. The Bertz CT molecular complexity index is 1410. The topological polar surface area (TPSA) is 86.9 Å². The number of hydrogen-bond acceptors (Lipinski definition) is 3. The fraction of sp³-hybridized carbons (Fsp3) is 0.323. The van der Waals surface area contributed by atoms with Crippen molar-refractivity contribution in [2.24, 2.45) is 5.92 Å². The summed E-state index contributed by atoms with van der Waals surface area (Å²) >= 11 is 6.34. The molecule has 1 fully saturated rings. The van der Waals surface area contributed by atoms with E-state index < -0.39 is 5.54 Å². The summed E-state index contributed by atoms with van der Waals surface area (Å²) in [5.41, 5.74) is 1.87. The van der Waals surface area contributed by atoms with Crippen LogP contribution in [0.2, 0.25) is 5.02 Å². The van der Waals surface area contributed by atoms with Gasteiger partial charge in [-0.3, -0.25) is 14.6 Å². The number of carbonyl (C=O) groups is 2. The van der Waals surface area contributed by atoms with E-state index in [1.54, 1.807) is 37.4 Å². The monoisotopic (exact) mass is 528 g/mol. The Morgan fingerprint density at radius 2 is 1.76 bits per heavy atom. The van der Waals surface area contributed by atoms with Gasteiger partial charge in [0.15, 0.2) is 0 Å². The lowest BCUT2D eigenvalue weighted by atomic mass is 9.81. The average Bonchev–Trinajstić information content (AvgIpc) is 3.35. The number of carbonyl (C=O) groups excluding carboxylic acids is 2. The maximum absolute atomic E-state index is 14.2. The van der Waals surface area contributed by atoms with Crippen LogP contribution in [0.4, 0.5) is 0 Å². The van der Waals surface area contributed by atoms with Crippen molar-refractivity contribution in [3.05, 3.63) is 101 Å². The quantitative estimate of drug-likeness (QED) is 0.248. The summed E-state index contributed by atoms with van der Waals surface area (Å²) in [5, 5.41) is 7.72. The Kier molecular flexibility index (Phi) is 7.79. The second-order valence-corrected chi connectivity index (χ2v) is 10.8. The van der Waals surface area contributed by atoms with E-state index >= 15 is 0 Å². The van der Waals surface area contributed by atoms with E-state index in [-0.39, 0.29) is 17.9 Å². The summed E-state index contributed by atoms with van der Waals surface area (Å²) in [4.78, 5) is 35.5. The van der Waals surface area contributed by atoms with Crippen LogP contribution in [0.15, 0.2) is 79.1 Å². The van der Waals surface area contributed by atoms with E-state index in [1.165, 1.54) is 6.42 Å². The summed E-state index contributed by atoms with van der Waals surface area (Å²) in [5.74, 6) is -0.344. The molecule has 1 aliphatic carbocycles. The maximum atomic E-state index is 14.2. The molecule has 2 heterocycles. The second kappa shape index (κ2) is 11.4. The van der Waals surface area contributed by atoms with E-state index in [0.717, 1.165) is 47.8 Å². The number of benzene rings is 2. The van der Waals surface area contributed by atoms with Crippen LogP contribution in [0.1, 0.15) is 66.7 Å². The Hall–Kier alpha value is -3.64.